The van der Waals surface area contributed by atoms with E-state index in [1.165, 1.54) is 0 Å². The topological polar surface area (TPSA) is 56.1 Å². The summed E-state index contributed by atoms with van der Waals surface area (Å²) in [5.74, 6) is 1.06. The SMILES string of the molecule is CCOc1ccc(C(=O)Nc2cc(C)n(Cc3ccc(Cl)cc3)n2)cc1. The van der Waals surface area contributed by atoms with E-state index >= 15 is 0 Å². The molecule has 1 aromatic heterocycles. The molecule has 0 saturated heterocycles. The minimum absolute atomic E-state index is 0.204. The molecule has 1 amide bonds. The fourth-order valence-electron chi connectivity index (χ4n) is 2.55. The maximum Gasteiger partial charge on any atom is 0.256 e. The Labute approximate surface area is 157 Å². The molecule has 0 fully saturated rings. The van der Waals surface area contributed by atoms with E-state index in [0.29, 0.717) is 29.6 Å². The van der Waals surface area contributed by atoms with Gasteiger partial charge >= 0.3 is 0 Å². The second kappa shape index (κ2) is 8.06. The highest BCUT2D eigenvalue weighted by molar-refractivity contribution is 6.30. The standard InChI is InChI=1S/C20H20ClN3O2/c1-3-26-18-10-6-16(7-11-18)20(25)22-19-12-14(2)24(23-19)13-15-4-8-17(21)9-5-15/h4-12H,3,13H2,1-2H3,(H,22,23,25). The number of aryl methyl sites for hydroxylation is 1. The lowest BCUT2D eigenvalue weighted by Gasteiger charge is -2.06. The molecule has 134 valence electrons. The van der Waals surface area contributed by atoms with Crippen LogP contribution in [0, 0.1) is 6.92 Å². The van der Waals surface area contributed by atoms with Gasteiger partial charge in [0.1, 0.15) is 5.75 Å². The Hall–Kier alpha value is -2.79. The van der Waals surface area contributed by atoms with Gasteiger partial charge in [-0.1, -0.05) is 23.7 Å². The fourth-order valence-corrected chi connectivity index (χ4v) is 2.68. The number of hydrogen-bond acceptors (Lipinski definition) is 3. The van der Waals surface area contributed by atoms with Gasteiger partial charge < -0.3 is 10.1 Å². The summed E-state index contributed by atoms with van der Waals surface area (Å²) in [5.41, 5.74) is 2.60. The van der Waals surface area contributed by atoms with Gasteiger partial charge in [-0.2, -0.15) is 5.10 Å². The highest BCUT2D eigenvalue weighted by atomic mass is 35.5. The first-order valence-corrected chi connectivity index (χ1v) is 8.76. The highest BCUT2D eigenvalue weighted by Crippen LogP contribution is 2.16. The Kier molecular flexibility index (Phi) is 5.58. The van der Waals surface area contributed by atoms with Gasteiger partial charge in [0.25, 0.3) is 5.91 Å². The van der Waals surface area contributed by atoms with E-state index < -0.39 is 0 Å². The van der Waals surface area contributed by atoms with Crippen molar-refractivity contribution >= 4 is 23.3 Å². The first-order valence-electron chi connectivity index (χ1n) is 8.38. The summed E-state index contributed by atoms with van der Waals surface area (Å²) in [4.78, 5) is 12.4. The molecule has 1 N–H and O–H groups in total. The zero-order valence-corrected chi connectivity index (χ0v) is 15.5. The number of benzene rings is 2. The van der Waals surface area contributed by atoms with Crippen LogP contribution in [0.5, 0.6) is 5.75 Å². The Morgan fingerprint density at radius 2 is 1.85 bits per heavy atom. The quantitative estimate of drug-likeness (QED) is 0.693. The maximum atomic E-state index is 12.4. The fraction of sp³-hybridized carbons (Fsp3) is 0.200. The number of nitrogens with one attached hydrogen (secondary N) is 1. The van der Waals surface area contributed by atoms with E-state index in [0.717, 1.165) is 17.0 Å². The molecule has 0 atom stereocenters. The summed E-state index contributed by atoms with van der Waals surface area (Å²) in [7, 11) is 0. The molecule has 5 nitrogen and oxygen atoms in total. The van der Waals surface area contributed by atoms with Gasteiger partial charge in [-0.15, -0.1) is 0 Å². The normalized spacial score (nSPS) is 10.6. The summed E-state index contributed by atoms with van der Waals surface area (Å²) in [5, 5.41) is 8.00. The molecule has 2 aromatic carbocycles. The average molecular weight is 370 g/mol. The zero-order chi connectivity index (χ0) is 18.5. The van der Waals surface area contributed by atoms with Crippen molar-refractivity contribution in [3.63, 3.8) is 0 Å². The first kappa shape index (κ1) is 18.0. The third kappa shape index (κ3) is 4.43. The van der Waals surface area contributed by atoms with Gasteiger partial charge in [-0.05, 0) is 55.8 Å². The van der Waals surface area contributed by atoms with Crippen molar-refractivity contribution in [1.29, 1.82) is 0 Å². The predicted molar refractivity (Wildman–Crippen MR) is 103 cm³/mol. The van der Waals surface area contributed by atoms with Gasteiger partial charge in [-0.3, -0.25) is 9.48 Å². The molecular weight excluding hydrogens is 350 g/mol. The number of carbonyl (C=O) groups excluding carboxylic acids is 1. The minimum Gasteiger partial charge on any atom is -0.494 e. The molecule has 0 bridgehead atoms. The molecule has 0 aliphatic rings. The van der Waals surface area contributed by atoms with Gasteiger partial charge in [0.15, 0.2) is 5.82 Å². The minimum atomic E-state index is -0.204. The highest BCUT2D eigenvalue weighted by Gasteiger charge is 2.10. The van der Waals surface area contributed by atoms with Gasteiger partial charge in [0, 0.05) is 22.3 Å². The third-order valence-electron chi connectivity index (χ3n) is 3.90. The number of ether oxygens (including phenoxy) is 1. The van der Waals surface area contributed by atoms with Crippen LogP contribution in [0.4, 0.5) is 5.82 Å². The molecule has 0 unspecified atom stereocenters. The molecule has 3 aromatic rings. The molecule has 0 radical (unpaired) electrons. The molecule has 0 aliphatic carbocycles. The first-order chi connectivity index (χ1) is 12.5. The lowest BCUT2D eigenvalue weighted by Crippen LogP contribution is -2.13. The largest absolute Gasteiger partial charge is 0.494 e. The number of halogens is 1. The van der Waals surface area contributed by atoms with Crippen molar-refractivity contribution in [3.8, 4) is 5.75 Å². The second-order valence-electron chi connectivity index (χ2n) is 5.87. The number of anilines is 1. The lowest BCUT2D eigenvalue weighted by atomic mass is 10.2. The molecule has 0 aliphatic heterocycles. The van der Waals surface area contributed by atoms with E-state index in [-0.39, 0.29) is 5.91 Å². The molecule has 6 heteroatoms. The average Bonchev–Trinajstić information content (AvgIpc) is 2.97. The molecule has 0 saturated carbocycles. The van der Waals surface area contributed by atoms with Crippen LogP contribution >= 0.6 is 11.6 Å². The smallest absolute Gasteiger partial charge is 0.256 e. The molecular formula is C20H20ClN3O2. The van der Waals surface area contributed by atoms with E-state index in [4.69, 9.17) is 16.3 Å². The van der Waals surface area contributed by atoms with Crippen LogP contribution in [0.3, 0.4) is 0 Å². The summed E-state index contributed by atoms with van der Waals surface area (Å²) >= 11 is 5.92. The summed E-state index contributed by atoms with van der Waals surface area (Å²) in [6.07, 6.45) is 0. The van der Waals surface area contributed by atoms with E-state index in [2.05, 4.69) is 10.4 Å². The van der Waals surface area contributed by atoms with Crippen molar-refractivity contribution in [2.45, 2.75) is 20.4 Å². The van der Waals surface area contributed by atoms with Crippen LogP contribution in [0.1, 0.15) is 28.5 Å². The maximum absolute atomic E-state index is 12.4. The van der Waals surface area contributed by atoms with E-state index in [1.54, 1.807) is 24.3 Å². The Balaban J connectivity index is 1.68. The third-order valence-corrected chi connectivity index (χ3v) is 4.15. The summed E-state index contributed by atoms with van der Waals surface area (Å²) < 4.78 is 7.23. The van der Waals surface area contributed by atoms with Crippen molar-refractivity contribution < 1.29 is 9.53 Å². The second-order valence-corrected chi connectivity index (χ2v) is 6.30. The van der Waals surface area contributed by atoms with Crippen molar-refractivity contribution in [2.75, 3.05) is 11.9 Å². The lowest BCUT2D eigenvalue weighted by molar-refractivity contribution is 0.102. The van der Waals surface area contributed by atoms with Gasteiger partial charge in [0.05, 0.1) is 13.2 Å². The van der Waals surface area contributed by atoms with Crippen molar-refractivity contribution in [1.82, 2.24) is 9.78 Å². The van der Waals surface area contributed by atoms with Gasteiger partial charge in [0.2, 0.25) is 0 Å². The molecule has 1 heterocycles. The number of hydrogen-bond donors (Lipinski definition) is 1. The number of carbonyl (C=O) groups is 1. The van der Waals surface area contributed by atoms with E-state index in [9.17, 15) is 4.79 Å². The number of aromatic nitrogens is 2. The summed E-state index contributed by atoms with van der Waals surface area (Å²) in [6, 6.07) is 16.5. The van der Waals surface area contributed by atoms with Crippen molar-refractivity contribution in [3.05, 3.63) is 76.4 Å². The number of rotatable bonds is 6. The molecule has 26 heavy (non-hydrogen) atoms. The van der Waals surface area contributed by atoms with Crippen LogP contribution in [-0.2, 0) is 6.54 Å². The Morgan fingerprint density at radius 3 is 2.50 bits per heavy atom. The monoisotopic (exact) mass is 369 g/mol. The Morgan fingerprint density at radius 1 is 1.15 bits per heavy atom. The zero-order valence-electron chi connectivity index (χ0n) is 14.7. The van der Waals surface area contributed by atoms with Gasteiger partial charge in [-0.25, -0.2) is 0 Å². The number of nitrogens with zero attached hydrogens (tertiary/aromatic N) is 2. The van der Waals surface area contributed by atoms with Crippen LogP contribution in [-0.4, -0.2) is 22.3 Å². The van der Waals surface area contributed by atoms with Crippen LogP contribution in [0.25, 0.3) is 0 Å². The van der Waals surface area contributed by atoms with Crippen molar-refractivity contribution in [2.24, 2.45) is 0 Å². The Bertz CT molecular complexity index is 886. The van der Waals surface area contributed by atoms with Crippen LogP contribution < -0.4 is 10.1 Å². The van der Waals surface area contributed by atoms with Crippen LogP contribution in [0.2, 0.25) is 5.02 Å². The molecule has 0 spiro atoms. The molecule has 3 rings (SSSR count). The number of amides is 1. The predicted octanol–water partition coefficient (Wildman–Crippen LogP) is 4.54. The summed E-state index contributed by atoms with van der Waals surface area (Å²) in [6.45, 7) is 5.08. The van der Waals surface area contributed by atoms with E-state index in [1.807, 2.05) is 48.9 Å². The van der Waals surface area contributed by atoms with Crippen LogP contribution in [0.15, 0.2) is 54.6 Å².